The quantitative estimate of drug-likeness (QED) is 0.829. The summed E-state index contributed by atoms with van der Waals surface area (Å²) in [5.74, 6) is -0.0584. The van der Waals surface area contributed by atoms with Crippen LogP contribution in [-0.2, 0) is 9.53 Å². The van der Waals surface area contributed by atoms with Gasteiger partial charge in [0.1, 0.15) is 0 Å². The monoisotopic (exact) mass is 249 g/mol. The largest absolute Gasteiger partial charge is 0.387 e. The highest BCUT2D eigenvalue weighted by Gasteiger charge is 2.19. The van der Waals surface area contributed by atoms with Gasteiger partial charge in [0.05, 0.1) is 18.6 Å². The van der Waals surface area contributed by atoms with Crippen molar-refractivity contribution < 1.29 is 14.6 Å². The SMILES string of the molecule is O=C(CC1CCCO1)NCC(O)c1ccccc1. The maximum Gasteiger partial charge on any atom is 0.222 e. The highest BCUT2D eigenvalue weighted by molar-refractivity contribution is 5.76. The van der Waals surface area contributed by atoms with Gasteiger partial charge >= 0.3 is 0 Å². The molecule has 1 amide bonds. The van der Waals surface area contributed by atoms with Crippen LogP contribution in [0.1, 0.15) is 30.9 Å². The van der Waals surface area contributed by atoms with Crippen LogP contribution in [0.3, 0.4) is 0 Å². The summed E-state index contributed by atoms with van der Waals surface area (Å²) in [7, 11) is 0. The lowest BCUT2D eigenvalue weighted by Crippen LogP contribution is -2.30. The zero-order valence-corrected chi connectivity index (χ0v) is 10.3. The number of carbonyl (C=O) groups is 1. The second-order valence-corrected chi connectivity index (χ2v) is 4.57. The van der Waals surface area contributed by atoms with Crippen LogP contribution >= 0.6 is 0 Å². The number of amides is 1. The van der Waals surface area contributed by atoms with Crippen molar-refractivity contribution in [2.45, 2.75) is 31.5 Å². The molecular formula is C14H19NO3. The van der Waals surface area contributed by atoms with Gasteiger partial charge in [-0.1, -0.05) is 30.3 Å². The van der Waals surface area contributed by atoms with Crippen molar-refractivity contribution in [1.29, 1.82) is 0 Å². The number of rotatable bonds is 5. The van der Waals surface area contributed by atoms with Gasteiger partial charge in [0.25, 0.3) is 0 Å². The first-order valence-corrected chi connectivity index (χ1v) is 6.37. The standard InChI is InChI=1S/C14H19NO3/c16-13(11-5-2-1-3-6-11)10-15-14(17)9-12-7-4-8-18-12/h1-3,5-6,12-13,16H,4,7-10H2,(H,15,17). The third kappa shape index (κ3) is 3.82. The molecule has 4 heteroatoms. The van der Waals surface area contributed by atoms with Crippen molar-refractivity contribution >= 4 is 5.91 Å². The van der Waals surface area contributed by atoms with Gasteiger partial charge < -0.3 is 15.2 Å². The van der Waals surface area contributed by atoms with E-state index in [1.807, 2.05) is 30.3 Å². The Morgan fingerprint density at radius 1 is 1.44 bits per heavy atom. The average Bonchev–Trinajstić information content (AvgIpc) is 2.90. The van der Waals surface area contributed by atoms with Crippen LogP contribution in [0.4, 0.5) is 0 Å². The molecule has 1 aromatic carbocycles. The first kappa shape index (κ1) is 13.1. The maximum atomic E-state index is 11.6. The summed E-state index contributed by atoms with van der Waals surface area (Å²) in [6.45, 7) is 1.00. The molecule has 0 bridgehead atoms. The fourth-order valence-electron chi connectivity index (χ4n) is 2.09. The third-order valence-electron chi connectivity index (χ3n) is 3.11. The Labute approximate surface area is 107 Å². The number of nitrogens with one attached hydrogen (secondary N) is 1. The molecule has 0 radical (unpaired) electrons. The number of aliphatic hydroxyl groups is 1. The lowest BCUT2D eigenvalue weighted by atomic mass is 10.1. The van der Waals surface area contributed by atoms with Crippen molar-refractivity contribution in [3.8, 4) is 0 Å². The van der Waals surface area contributed by atoms with Crippen LogP contribution < -0.4 is 5.32 Å². The van der Waals surface area contributed by atoms with E-state index in [2.05, 4.69) is 5.32 Å². The molecule has 1 aliphatic rings. The minimum Gasteiger partial charge on any atom is -0.387 e. The van der Waals surface area contributed by atoms with E-state index in [1.54, 1.807) is 0 Å². The fraction of sp³-hybridized carbons (Fsp3) is 0.500. The van der Waals surface area contributed by atoms with E-state index in [0.29, 0.717) is 6.42 Å². The molecule has 2 unspecified atom stereocenters. The second-order valence-electron chi connectivity index (χ2n) is 4.57. The van der Waals surface area contributed by atoms with Gasteiger partial charge in [0.2, 0.25) is 5.91 Å². The van der Waals surface area contributed by atoms with Crippen LogP contribution in [0.25, 0.3) is 0 Å². The van der Waals surface area contributed by atoms with Crippen molar-refractivity contribution in [2.75, 3.05) is 13.2 Å². The fourth-order valence-corrected chi connectivity index (χ4v) is 2.09. The molecule has 0 aromatic heterocycles. The second kappa shape index (κ2) is 6.52. The maximum absolute atomic E-state index is 11.6. The van der Waals surface area contributed by atoms with Crippen LogP contribution in [0, 0.1) is 0 Å². The number of hydrogen-bond donors (Lipinski definition) is 2. The molecule has 1 fully saturated rings. The summed E-state index contributed by atoms with van der Waals surface area (Å²) in [6, 6.07) is 9.32. The average molecular weight is 249 g/mol. The summed E-state index contributed by atoms with van der Waals surface area (Å²) in [5.41, 5.74) is 0.815. The Bertz CT molecular complexity index is 374. The normalized spacial score (nSPS) is 20.6. The predicted molar refractivity (Wildman–Crippen MR) is 68.0 cm³/mol. The molecule has 1 saturated heterocycles. The van der Waals surface area contributed by atoms with E-state index in [1.165, 1.54) is 0 Å². The van der Waals surface area contributed by atoms with Crippen molar-refractivity contribution in [1.82, 2.24) is 5.32 Å². The van der Waals surface area contributed by atoms with Gasteiger partial charge in [-0.25, -0.2) is 0 Å². The molecule has 4 nitrogen and oxygen atoms in total. The molecule has 18 heavy (non-hydrogen) atoms. The molecule has 2 rings (SSSR count). The molecule has 2 N–H and O–H groups in total. The molecule has 98 valence electrons. The summed E-state index contributed by atoms with van der Waals surface area (Å²) in [6.07, 6.45) is 1.78. The summed E-state index contributed by atoms with van der Waals surface area (Å²) in [4.78, 5) is 11.6. The van der Waals surface area contributed by atoms with E-state index >= 15 is 0 Å². The topological polar surface area (TPSA) is 58.6 Å². The minimum absolute atomic E-state index is 0.0545. The van der Waals surface area contributed by atoms with Crippen LogP contribution in [0.15, 0.2) is 30.3 Å². The third-order valence-corrected chi connectivity index (χ3v) is 3.11. The smallest absolute Gasteiger partial charge is 0.222 e. The van der Waals surface area contributed by atoms with Gasteiger partial charge in [0.15, 0.2) is 0 Å². The molecule has 2 atom stereocenters. The van der Waals surface area contributed by atoms with Gasteiger partial charge in [-0.3, -0.25) is 4.79 Å². The lowest BCUT2D eigenvalue weighted by Gasteiger charge is -2.13. The Morgan fingerprint density at radius 3 is 2.89 bits per heavy atom. The Hall–Kier alpha value is -1.39. The predicted octanol–water partition coefficient (Wildman–Crippen LogP) is 1.41. The molecule has 0 saturated carbocycles. The van der Waals surface area contributed by atoms with E-state index in [0.717, 1.165) is 25.0 Å². The van der Waals surface area contributed by atoms with Gasteiger partial charge in [0, 0.05) is 13.2 Å². The number of benzene rings is 1. The first-order valence-electron chi connectivity index (χ1n) is 6.37. The Balaban J connectivity index is 1.72. The molecule has 0 aliphatic carbocycles. The summed E-state index contributed by atoms with van der Waals surface area (Å²) in [5, 5.41) is 12.6. The summed E-state index contributed by atoms with van der Waals surface area (Å²) < 4.78 is 5.39. The molecular weight excluding hydrogens is 230 g/mol. The zero-order valence-electron chi connectivity index (χ0n) is 10.3. The number of ether oxygens (including phenoxy) is 1. The number of aliphatic hydroxyl groups excluding tert-OH is 1. The van der Waals surface area contributed by atoms with Gasteiger partial charge in [-0.2, -0.15) is 0 Å². The van der Waals surface area contributed by atoms with Crippen LogP contribution in [-0.4, -0.2) is 30.3 Å². The molecule has 0 spiro atoms. The lowest BCUT2D eigenvalue weighted by molar-refractivity contribution is -0.123. The number of hydrogen-bond acceptors (Lipinski definition) is 3. The van der Waals surface area contributed by atoms with E-state index in [-0.39, 0.29) is 18.6 Å². The van der Waals surface area contributed by atoms with Gasteiger partial charge in [-0.15, -0.1) is 0 Å². The Morgan fingerprint density at radius 2 is 2.22 bits per heavy atom. The van der Waals surface area contributed by atoms with Gasteiger partial charge in [-0.05, 0) is 18.4 Å². The van der Waals surface area contributed by atoms with Crippen molar-refractivity contribution in [2.24, 2.45) is 0 Å². The molecule has 1 heterocycles. The highest BCUT2D eigenvalue weighted by Crippen LogP contribution is 2.15. The minimum atomic E-state index is -0.653. The number of carbonyl (C=O) groups excluding carboxylic acids is 1. The summed E-state index contributed by atoms with van der Waals surface area (Å²) >= 11 is 0. The van der Waals surface area contributed by atoms with Crippen molar-refractivity contribution in [3.63, 3.8) is 0 Å². The highest BCUT2D eigenvalue weighted by atomic mass is 16.5. The zero-order chi connectivity index (χ0) is 12.8. The van der Waals surface area contributed by atoms with Crippen LogP contribution in [0.5, 0.6) is 0 Å². The molecule has 1 aromatic rings. The Kier molecular flexibility index (Phi) is 4.73. The van der Waals surface area contributed by atoms with E-state index < -0.39 is 6.10 Å². The van der Waals surface area contributed by atoms with E-state index in [4.69, 9.17) is 4.74 Å². The van der Waals surface area contributed by atoms with E-state index in [9.17, 15) is 9.90 Å². The molecule has 1 aliphatic heterocycles. The first-order chi connectivity index (χ1) is 8.75. The van der Waals surface area contributed by atoms with Crippen LogP contribution in [0.2, 0.25) is 0 Å². The van der Waals surface area contributed by atoms with Crippen molar-refractivity contribution in [3.05, 3.63) is 35.9 Å².